The van der Waals surface area contributed by atoms with Gasteiger partial charge in [0.1, 0.15) is 0 Å². The topological polar surface area (TPSA) is 79.2 Å². The van der Waals surface area contributed by atoms with Crippen molar-refractivity contribution in [3.05, 3.63) is 0 Å². The zero-order valence-electron chi connectivity index (χ0n) is 8.06. The Morgan fingerprint density at radius 1 is 1.71 bits per heavy atom. The first-order chi connectivity index (χ1) is 6.56. The highest BCUT2D eigenvalue weighted by atomic mass is 32.2. The molecule has 0 bridgehead atoms. The van der Waals surface area contributed by atoms with E-state index in [1.54, 1.807) is 6.07 Å². The van der Waals surface area contributed by atoms with Crippen LogP contribution in [0.3, 0.4) is 0 Å². The molecule has 0 aromatic heterocycles. The molecule has 1 fully saturated rings. The van der Waals surface area contributed by atoms with E-state index >= 15 is 0 Å². The Morgan fingerprint density at radius 2 is 2.43 bits per heavy atom. The summed E-state index contributed by atoms with van der Waals surface area (Å²) in [5.41, 5.74) is 0. The highest BCUT2D eigenvalue weighted by molar-refractivity contribution is 7.90. The van der Waals surface area contributed by atoms with E-state index in [1.807, 2.05) is 0 Å². The molecule has 0 aromatic carbocycles. The number of nitriles is 1. The SMILES string of the molecule is CC(C#N)S(=O)(=O)NCC1CCOC1. The molecule has 2 unspecified atom stereocenters. The Hall–Kier alpha value is -0.640. The predicted molar refractivity (Wildman–Crippen MR) is 50.9 cm³/mol. The van der Waals surface area contributed by atoms with Gasteiger partial charge in [-0.05, 0) is 19.3 Å². The fraction of sp³-hybridized carbons (Fsp3) is 0.875. The van der Waals surface area contributed by atoms with Crippen LogP contribution in [0.15, 0.2) is 0 Å². The summed E-state index contributed by atoms with van der Waals surface area (Å²) in [6.07, 6.45) is 0.878. The number of hydrogen-bond donors (Lipinski definition) is 1. The van der Waals surface area contributed by atoms with E-state index in [-0.39, 0.29) is 5.92 Å². The summed E-state index contributed by atoms with van der Waals surface area (Å²) in [4.78, 5) is 0. The van der Waals surface area contributed by atoms with Gasteiger partial charge in [-0.1, -0.05) is 0 Å². The highest BCUT2D eigenvalue weighted by Gasteiger charge is 2.23. The molecule has 6 heteroatoms. The van der Waals surface area contributed by atoms with E-state index < -0.39 is 15.3 Å². The molecular formula is C8H14N2O3S. The van der Waals surface area contributed by atoms with Gasteiger partial charge in [0.05, 0.1) is 12.7 Å². The maximum atomic E-state index is 11.3. The lowest BCUT2D eigenvalue weighted by molar-refractivity contribution is 0.186. The minimum absolute atomic E-state index is 0.246. The molecule has 1 saturated heterocycles. The third-order valence-corrected chi connectivity index (χ3v) is 3.85. The molecule has 14 heavy (non-hydrogen) atoms. The van der Waals surface area contributed by atoms with E-state index in [2.05, 4.69) is 4.72 Å². The van der Waals surface area contributed by atoms with Crippen LogP contribution in [0, 0.1) is 17.2 Å². The Balaban J connectivity index is 2.40. The lowest BCUT2D eigenvalue weighted by Gasteiger charge is -2.10. The van der Waals surface area contributed by atoms with Crippen molar-refractivity contribution in [1.82, 2.24) is 4.72 Å². The highest BCUT2D eigenvalue weighted by Crippen LogP contribution is 2.11. The minimum atomic E-state index is -3.46. The van der Waals surface area contributed by atoms with Gasteiger partial charge in [0.2, 0.25) is 10.0 Å². The number of rotatable bonds is 4. The molecular weight excluding hydrogens is 204 g/mol. The smallest absolute Gasteiger partial charge is 0.227 e. The second-order valence-electron chi connectivity index (χ2n) is 3.39. The molecule has 2 atom stereocenters. The van der Waals surface area contributed by atoms with Crippen LogP contribution < -0.4 is 4.72 Å². The van der Waals surface area contributed by atoms with Crippen LogP contribution >= 0.6 is 0 Å². The first-order valence-electron chi connectivity index (χ1n) is 4.52. The standard InChI is InChI=1S/C8H14N2O3S/c1-7(4-9)14(11,12)10-5-8-2-3-13-6-8/h7-8,10H,2-3,5-6H2,1H3. The van der Waals surface area contributed by atoms with Gasteiger partial charge in [0.25, 0.3) is 0 Å². The third-order valence-electron chi connectivity index (χ3n) is 2.24. The van der Waals surface area contributed by atoms with Crippen molar-refractivity contribution in [1.29, 1.82) is 5.26 Å². The van der Waals surface area contributed by atoms with E-state index in [1.165, 1.54) is 6.92 Å². The lowest BCUT2D eigenvalue weighted by atomic mass is 10.1. The summed E-state index contributed by atoms with van der Waals surface area (Å²) < 4.78 is 30.2. The van der Waals surface area contributed by atoms with Gasteiger partial charge >= 0.3 is 0 Å². The lowest BCUT2D eigenvalue weighted by Crippen LogP contribution is -2.35. The molecule has 1 aliphatic rings. The van der Waals surface area contributed by atoms with E-state index in [0.29, 0.717) is 19.8 Å². The third kappa shape index (κ3) is 2.94. The summed E-state index contributed by atoms with van der Waals surface area (Å²) in [5.74, 6) is 0.246. The molecule has 0 aromatic rings. The molecule has 0 spiro atoms. The number of hydrogen-bond acceptors (Lipinski definition) is 4. The molecule has 1 heterocycles. The summed E-state index contributed by atoms with van der Waals surface area (Å²) in [6.45, 7) is 3.03. The fourth-order valence-electron chi connectivity index (χ4n) is 1.17. The second-order valence-corrected chi connectivity index (χ2v) is 5.48. The van der Waals surface area contributed by atoms with Crippen LogP contribution in [-0.2, 0) is 14.8 Å². The van der Waals surface area contributed by atoms with Gasteiger partial charge in [-0.15, -0.1) is 0 Å². The zero-order valence-corrected chi connectivity index (χ0v) is 8.88. The monoisotopic (exact) mass is 218 g/mol. The second kappa shape index (κ2) is 4.73. The first-order valence-corrected chi connectivity index (χ1v) is 6.06. The van der Waals surface area contributed by atoms with Crippen molar-refractivity contribution in [3.8, 4) is 6.07 Å². The molecule has 1 N–H and O–H groups in total. The Labute approximate surface area is 84.1 Å². The van der Waals surface area contributed by atoms with E-state index in [9.17, 15) is 8.42 Å². The van der Waals surface area contributed by atoms with Crippen LogP contribution in [0.25, 0.3) is 0 Å². The first kappa shape index (κ1) is 11.4. The van der Waals surface area contributed by atoms with Gasteiger partial charge in [-0.3, -0.25) is 0 Å². The number of ether oxygens (including phenoxy) is 1. The van der Waals surface area contributed by atoms with Crippen molar-refractivity contribution < 1.29 is 13.2 Å². The molecule has 0 amide bonds. The van der Waals surface area contributed by atoms with Gasteiger partial charge in [-0.2, -0.15) is 5.26 Å². The molecule has 5 nitrogen and oxygen atoms in total. The molecule has 80 valence electrons. The van der Waals surface area contributed by atoms with Crippen molar-refractivity contribution >= 4 is 10.0 Å². The van der Waals surface area contributed by atoms with Gasteiger partial charge < -0.3 is 4.74 Å². The van der Waals surface area contributed by atoms with Crippen molar-refractivity contribution in [2.45, 2.75) is 18.6 Å². The molecule has 0 saturated carbocycles. The molecule has 1 rings (SSSR count). The van der Waals surface area contributed by atoms with Gasteiger partial charge in [-0.25, -0.2) is 13.1 Å². The number of nitrogens with zero attached hydrogens (tertiary/aromatic N) is 1. The minimum Gasteiger partial charge on any atom is -0.381 e. The Kier molecular flexibility index (Phi) is 3.86. The largest absolute Gasteiger partial charge is 0.381 e. The van der Waals surface area contributed by atoms with Gasteiger partial charge in [0.15, 0.2) is 5.25 Å². The van der Waals surface area contributed by atoms with E-state index in [4.69, 9.17) is 10.00 Å². The van der Waals surface area contributed by atoms with Crippen molar-refractivity contribution in [3.63, 3.8) is 0 Å². The predicted octanol–water partition coefficient (Wildman–Crippen LogP) is -0.146. The van der Waals surface area contributed by atoms with Crippen LogP contribution in [0.1, 0.15) is 13.3 Å². The van der Waals surface area contributed by atoms with Crippen LogP contribution in [-0.4, -0.2) is 33.4 Å². The summed E-state index contributed by atoms with van der Waals surface area (Å²) in [7, 11) is -3.46. The zero-order chi connectivity index (χ0) is 10.6. The maximum Gasteiger partial charge on any atom is 0.227 e. The maximum absolute atomic E-state index is 11.3. The average Bonchev–Trinajstić information content (AvgIpc) is 2.66. The summed E-state index contributed by atoms with van der Waals surface area (Å²) >= 11 is 0. The van der Waals surface area contributed by atoms with Crippen LogP contribution in [0.2, 0.25) is 0 Å². The fourth-order valence-corrected chi connectivity index (χ4v) is 2.03. The normalized spacial score (nSPS) is 24.4. The number of sulfonamides is 1. The Bertz CT molecular complexity index is 314. The van der Waals surface area contributed by atoms with Gasteiger partial charge in [0, 0.05) is 13.2 Å². The quantitative estimate of drug-likeness (QED) is 0.712. The molecule has 1 aliphatic heterocycles. The summed E-state index contributed by atoms with van der Waals surface area (Å²) in [6, 6.07) is 1.70. The summed E-state index contributed by atoms with van der Waals surface area (Å²) in [5, 5.41) is 7.47. The Morgan fingerprint density at radius 3 is 2.93 bits per heavy atom. The molecule has 0 radical (unpaired) electrons. The average molecular weight is 218 g/mol. The number of nitrogens with one attached hydrogen (secondary N) is 1. The molecule has 0 aliphatic carbocycles. The van der Waals surface area contributed by atoms with E-state index in [0.717, 1.165) is 6.42 Å². The van der Waals surface area contributed by atoms with Crippen molar-refractivity contribution in [2.75, 3.05) is 19.8 Å². The van der Waals surface area contributed by atoms with Crippen molar-refractivity contribution in [2.24, 2.45) is 5.92 Å². The van der Waals surface area contributed by atoms with Crippen LogP contribution in [0.4, 0.5) is 0 Å². The van der Waals surface area contributed by atoms with Crippen LogP contribution in [0.5, 0.6) is 0 Å².